The van der Waals surface area contributed by atoms with Gasteiger partial charge in [0.1, 0.15) is 11.8 Å². The summed E-state index contributed by atoms with van der Waals surface area (Å²) in [4.78, 5) is 28.3. The summed E-state index contributed by atoms with van der Waals surface area (Å²) in [5, 5.41) is 2.94. The largest absolute Gasteiger partial charge is 0.497 e. The first kappa shape index (κ1) is 22.8. The zero-order valence-electron chi connectivity index (χ0n) is 17.4. The van der Waals surface area contributed by atoms with Gasteiger partial charge >= 0.3 is 0 Å². The molecule has 29 heavy (non-hydrogen) atoms. The predicted octanol–water partition coefficient (Wildman–Crippen LogP) is 4.12. The number of benzene rings is 2. The van der Waals surface area contributed by atoms with Crippen LogP contribution in [0.15, 0.2) is 59.5 Å². The lowest BCUT2D eigenvalue weighted by Gasteiger charge is -2.29. The monoisotopic (exact) mass is 414 g/mol. The molecule has 0 bridgehead atoms. The molecule has 1 N–H and O–H groups in total. The van der Waals surface area contributed by atoms with E-state index in [0.29, 0.717) is 13.1 Å². The van der Waals surface area contributed by atoms with Gasteiger partial charge in [0.15, 0.2) is 0 Å². The molecule has 0 radical (unpaired) electrons. The predicted molar refractivity (Wildman–Crippen MR) is 118 cm³/mol. The fourth-order valence-corrected chi connectivity index (χ4v) is 3.60. The van der Waals surface area contributed by atoms with Gasteiger partial charge in [-0.1, -0.05) is 43.7 Å². The number of rotatable bonds is 11. The third-order valence-corrected chi connectivity index (χ3v) is 5.61. The van der Waals surface area contributed by atoms with E-state index in [1.54, 1.807) is 18.9 Å². The highest BCUT2D eigenvalue weighted by Gasteiger charge is 2.26. The Morgan fingerprint density at radius 1 is 1.10 bits per heavy atom. The van der Waals surface area contributed by atoms with Crippen molar-refractivity contribution in [2.24, 2.45) is 0 Å². The summed E-state index contributed by atoms with van der Waals surface area (Å²) in [6, 6.07) is 16.8. The van der Waals surface area contributed by atoms with Gasteiger partial charge in [0.25, 0.3) is 0 Å². The standard InChI is InChI=1S/C23H30N2O3S/c1-4-5-15-24-23(27)18(2)25(16-19-11-13-20(28-3)14-12-19)22(26)17-29-21-9-7-6-8-10-21/h6-14,18H,4-5,15-17H2,1-3H3,(H,24,27). The lowest BCUT2D eigenvalue weighted by molar-refractivity contribution is -0.138. The van der Waals surface area contributed by atoms with Crippen molar-refractivity contribution in [1.29, 1.82) is 0 Å². The molecule has 156 valence electrons. The van der Waals surface area contributed by atoms with Gasteiger partial charge in [-0.2, -0.15) is 0 Å². The van der Waals surface area contributed by atoms with Crippen LogP contribution >= 0.6 is 11.8 Å². The van der Waals surface area contributed by atoms with Crippen LogP contribution in [0, 0.1) is 0 Å². The third kappa shape index (κ3) is 7.46. The van der Waals surface area contributed by atoms with Crippen LogP contribution in [0.5, 0.6) is 5.75 Å². The van der Waals surface area contributed by atoms with Crippen LogP contribution in [0.25, 0.3) is 0 Å². The van der Waals surface area contributed by atoms with E-state index in [9.17, 15) is 9.59 Å². The molecule has 0 heterocycles. The highest BCUT2D eigenvalue weighted by Crippen LogP contribution is 2.20. The van der Waals surface area contributed by atoms with Crippen molar-refractivity contribution in [2.45, 2.75) is 44.2 Å². The van der Waals surface area contributed by atoms with Crippen LogP contribution in [0.4, 0.5) is 0 Å². The third-order valence-electron chi connectivity index (χ3n) is 4.61. The first-order valence-corrected chi connectivity index (χ1v) is 10.9. The lowest BCUT2D eigenvalue weighted by Crippen LogP contribution is -2.48. The summed E-state index contributed by atoms with van der Waals surface area (Å²) >= 11 is 1.48. The Labute approximate surface area is 177 Å². The van der Waals surface area contributed by atoms with Crippen molar-refractivity contribution in [3.63, 3.8) is 0 Å². The summed E-state index contributed by atoms with van der Waals surface area (Å²) in [5.41, 5.74) is 0.956. The molecule has 2 amide bonds. The smallest absolute Gasteiger partial charge is 0.242 e. The zero-order chi connectivity index (χ0) is 21.1. The highest BCUT2D eigenvalue weighted by molar-refractivity contribution is 8.00. The van der Waals surface area contributed by atoms with E-state index >= 15 is 0 Å². The van der Waals surface area contributed by atoms with Gasteiger partial charge < -0.3 is 15.0 Å². The fourth-order valence-electron chi connectivity index (χ4n) is 2.79. The molecule has 0 aliphatic carbocycles. The van der Waals surface area contributed by atoms with Crippen LogP contribution < -0.4 is 10.1 Å². The molecule has 0 spiro atoms. The van der Waals surface area contributed by atoms with Crippen LogP contribution in [-0.4, -0.2) is 42.2 Å². The average Bonchev–Trinajstić information content (AvgIpc) is 2.76. The van der Waals surface area contributed by atoms with Crippen LogP contribution in [0.3, 0.4) is 0 Å². The molecule has 1 unspecified atom stereocenters. The van der Waals surface area contributed by atoms with E-state index in [2.05, 4.69) is 12.2 Å². The van der Waals surface area contributed by atoms with Crippen LogP contribution in [0.2, 0.25) is 0 Å². The molecule has 1 atom stereocenters. The quantitative estimate of drug-likeness (QED) is 0.444. The van der Waals surface area contributed by atoms with E-state index in [1.165, 1.54) is 11.8 Å². The van der Waals surface area contributed by atoms with Crippen molar-refractivity contribution >= 4 is 23.6 Å². The molecule has 2 aromatic rings. The number of amides is 2. The number of carbonyl (C=O) groups excluding carboxylic acids is 2. The van der Waals surface area contributed by atoms with Crippen molar-refractivity contribution in [3.8, 4) is 5.75 Å². The Morgan fingerprint density at radius 3 is 2.41 bits per heavy atom. The molecule has 0 fully saturated rings. The topological polar surface area (TPSA) is 58.6 Å². The molecule has 0 saturated carbocycles. The maximum atomic E-state index is 13.0. The summed E-state index contributed by atoms with van der Waals surface area (Å²) in [5.74, 6) is 0.863. The minimum Gasteiger partial charge on any atom is -0.497 e. The maximum absolute atomic E-state index is 13.0. The Kier molecular flexibility index (Phi) is 9.57. The number of ether oxygens (including phenoxy) is 1. The van der Waals surface area contributed by atoms with Crippen molar-refractivity contribution < 1.29 is 14.3 Å². The summed E-state index contributed by atoms with van der Waals surface area (Å²) < 4.78 is 5.20. The van der Waals surface area contributed by atoms with Crippen molar-refractivity contribution in [2.75, 3.05) is 19.4 Å². The van der Waals surface area contributed by atoms with E-state index in [0.717, 1.165) is 29.1 Å². The molecule has 5 nitrogen and oxygen atoms in total. The number of methoxy groups -OCH3 is 1. The van der Waals surface area contributed by atoms with Crippen LogP contribution in [-0.2, 0) is 16.1 Å². The number of nitrogens with zero attached hydrogens (tertiary/aromatic N) is 1. The second-order valence-electron chi connectivity index (χ2n) is 6.79. The Bertz CT molecular complexity index is 765. The average molecular weight is 415 g/mol. The Balaban J connectivity index is 2.09. The first-order chi connectivity index (χ1) is 14.0. The van der Waals surface area contributed by atoms with Gasteiger partial charge in [-0.05, 0) is 43.2 Å². The lowest BCUT2D eigenvalue weighted by atomic mass is 10.1. The Hall–Kier alpha value is -2.47. The second-order valence-corrected chi connectivity index (χ2v) is 7.84. The fraction of sp³-hybridized carbons (Fsp3) is 0.391. The number of hydrogen-bond donors (Lipinski definition) is 1. The number of carbonyl (C=O) groups is 2. The zero-order valence-corrected chi connectivity index (χ0v) is 18.2. The molecule has 0 aliphatic heterocycles. The van der Waals surface area contributed by atoms with Crippen molar-refractivity contribution in [3.05, 3.63) is 60.2 Å². The molecular formula is C23H30N2O3S. The highest BCUT2D eigenvalue weighted by atomic mass is 32.2. The second kappa shape index (κ2) is 12.2. The van der Waals surface area contributed by atoms with Gasteiger partial charge in [0.05, 0.1) is 12.9 Å². The van der Waals surface area contributed by atoms with E-state index in [-0.39, 0.29) is 17.6 Å². The van der Waals surface area contributed by atoms with Crippen LogP contribution in [0.1, 0.15) is 32.3 Å². The van der Waals surface area contributed by atoms with Crippen molar-refractivity contribution in [1.82, 2.24) is 10.2 Å². The number of thioether (sulfide) groups is 1. The first-order valence-electron chi connectivity index (χ1n) is 9.93. The van der Waals surface area contributed by atoms with E-state index in [4.69, 9.17) is 4.74 Å². The SMILES string of the molecule is CCCCNC(=O)C(C)N(Cc1ccc(OC)cc1)C(=O)CSc1ccccc1. The normalized spacial score (nSPS) is 11.6. The number of unbranched alkanes of at least 4 members (excludes halogenated alkanes) is 1. The van der Waals surface area contributed by atoms with Gasteiger partial charge in [-0.3, -0.25) is 9.59 Å². The molecule has 0 saturated heterocycles. The maximum Gasteiger partial charge on any atom is 0.242 e. The van der Waals surface area contributed by atoms with E-state index < -0.39 is 6.04 Å². The van der Waals surface area contributed by atoms with Gasteiger partial charge in [0, 0.05) is 18.0 Å². The minimum atomic E-state index is -0.544. The molecule has 0 aliphatic rings. The summed E-state index contributed by atoms with van der Waals surface area (Å²) in [6.07, 6.45) is 1.94. The Morgan fingerprint density at radius 2 is 1.79 bits per heavy atom. The molecule has 6 heteroatoms. The van der Waals surface area contributed by atoms with Gasteiger partial charge in [-0.25, -0.2) is 0 Å². The summed E-state index contributed by atoms with van der Waals surface area (Å²) in [7, 11) is 1.62. The van der Waals surface area contributed by atoms with E-state index in [1.807, 2.05) is 54.6 Å². The molecule has 0 aromatic heterocycles. The minimum absolute atomic E-state index is 0.0622. The number of hydrogen-bond acceptors (Lipinski definition) is 4. The molecule has 2 rings (SSSR count). The van der Waals surface area contributed by atoms with Gasteiger partial charge in [0.2, 0.25) is 11.8 Å². The van der Waals surface area contributed by atoms with Gasteiger partial charge in [-0.15, -0.1) is 11.8 Å². The molecular weight excluding hydrogens is 384 g/mol. The molecule has 2 aromatic carbocycles. The number of nitrogens with one attached hydrogen (secondary N) is 1. The summed E-state index contributed by atoms with van der Waals surface area (Å²) in [6.45, 7) is 4.87.